The number of amides is 1. The zero-order chi connectivity index (χ0) is 17.1. The van der Waals surface area contributed by atoms with Crippen LogP contribution in [0.4, 0.5) is 0 Å². The van der Waals surface area contributed by atoms with Crippen molar-refractivity contribution in [2.24, 2.45) is 0 Å². The smallest absolute Gasteiger partial charge is 0.266 e. The van der Waals surface area contributed by atoms with Gasteiger partial charge in [-0.05, 0) is 51.4 Å². The fourth-order valence-electron chi connectivity index (χ4n) is 3.37. The minimum atomic E-state index is 0.136. The van der Waals surface area contributed by atoms with Crippen LogP contribution in [0.1, 0.15) is 51.8 Å². The third-order valence-corrected chi connectivity index (χ3v) is 5.48. The topological polar surface area (TPSA) is 36.4 Å². The van der Waals surface area contributed by atoms with Gasteiger partial charge in [-0.25, -0.2) is 4.98 Å². The van der Waals surface area contributed by atoms with Crippen molar-refractivity contribution in [3.05, 3.63) is 51.5 Å². The van der Waals surface area contributed by atoms with Crippen molar-refractivity contribution < 1.29 is 4.79 Å². The van der Waals surface area contributed by atoms with Crippen LogP contribution in [0.25, 0.3) is 0 Å². The Hall–Kier alpha value is -1.72. The highest BCUT2D eigenvalue weighted by atomic mass is 32.1. The first-order valence-electron chi connectivity index (χ1n) is 8.51. The minimum Gasteiger partial charge on any atom is -0.331 e. The lowest BCUT2D eigenvalue weighted by atomic mass is 9.94. The Morgan fingerprint density at radius 2 is 2.04 bits per heavy atom. The Morgan fingerprint density at radius 1 is 1.29 bits per heavy atom. The Balaban J connectivity index is 1.82. The van der Waals surface area contributed by atoms with Crippen molar-refractivity contribution in [2.45, 2.75) is 38.8 Å². The van der Waals surface area contributed by atoms with Crippen LogP contribution in [0, 0.1) is 6.92 Å². The number of rotatable bonds is 4. The van der Waals surface area contributed by atoms with E-state index < -0.39 is 0 Å². The number of benzene rings is 1. The van der Waals surface area contributed by atoms with Crippen molar-refractivity contribution in [1.29, 1.82) is 0 Å². The average Bonchev–Trinajstić information content (AvgIpc) is 3.00. The fraction of sp³-hybridized carbons (Fsp3) is 0.474. The van der Waals surface area contributed by atoms with Gasteiger partial charge in [0.1, 0.15) is 4.88 Å². The maximum absolute atomic E-state index is 13.0. The lowest BCUT2D eigenvalue weighted by Gasteiger charge is -2.36. The van der Waals surface area contributed by atoms with E-state index in [1.165, 1.54) is 28.9 Å². The predicted octanol–water partition coefficient (Wildman–Crippen LogP) is 3.88. The van der Waals surface area contributed by atoms with Gasteiger partial charge in [0.05, 0.1) is 17.2 Å². The van der Waals surface area contributed by atoms with Crippen LogP contribution in [0.3, 0.4) is 0 Å². The first-order valence-corrected chi connectivity index (χ1v) is 9.39. The summed E-state index contributed by atoms with van der Waals surface area (Å²) in [5.41, 5.74) is 5.15. The van der Waals surface area contributed by atoms with E-state index in [0.717, 1.165) is 36.5 Å². The summed E-state index contributed by atoms with van der Waals surface area (Å²) in [5, 5.41) is 0. The van der Waals surface area contributed by atoms with Crippen molar-refractivity contribution in [3.63, 3.8) is 0 Å². The quantitative estimate of drug-likeness (QED) is 0.845. The second kappa shape index (κ2) is 7.45. The molecule has 1 saturated heterocycles. The van der Waals surface area contributed by atoms with E-state index in [-0.39, 0.29) is 11.9 Å². The summed E-state index contributed by atoms with van der Waals surface area (Å²) in [6, 6.07) is 8.93. The second-order valence-corrected chi connectivity index (χ2v) is 7.61. The van der Waals surface area contributed by atoms with E-state index >= 15 is 0 Å². The number of piperidine rings is 1. The van der Waals surface area contributed by atoms with Gasteiger partial charge in [-0.1, -0.05) is 24.3 Å². The van der Waals surface area contributed by atoms with Crippen LogP contribution in [0.2, 0.25) is 0 Å². The Kier molecular flexibility index (Phi) is 5.31. The van der Waals surface area contributed by atoms with Gasteiger partial charge < -0.3 is 9.80 Å². The van der Waals surface area contributed by atoms with Crippen LogP contribution in [0.5, 0.6) is 0 Å². The Morgan fingerprint density at radius 3 is 2.67 bits per heavy atom. The molecule has 24 heavy (non-hydrogen) atoms. The normalized spacial score (nSPS) is 18.2. The van der Waals surface area contributed by atoms with Gasteiger partial charge in [0, 0.05) is 13.1 Å². The molecular weight excluding hydrogens is 318 g/mol. The highest BCUT2D eigenvalue weighted by Gasteiger charge is 2.30. The standard InChI is InChI=1S/C19H25N3OS/c1-14-18(24-13-20-14)19(23)22-11-5-4-6-17(22)16-9-7-15(8-10-16)12-21(2)3/h7-10,13,17H,4-6,11-12H2,1-3H3/t17-/m0/s1. The summed E-state index contributed by atoms with van der Waals surface area (Å²) in [4.78, 5) is 22.2. The van der Waals surface area contributed by atoms with E-state index in [9.17, 15) is 4.79 Å². The molecule has 0 spiro atoms. The molecule has 128 valence electrons. The fourth-order valence-corrected chi connectivity index (χ4v) is 4.13. The molecule has 2 aromatic rings. The molecule has 1 atom stereocenters. The number of carbonyl (C=O) groups is 1. The molecular formula is C19H25N3OS. The molecule has 1 aromatic heterocycles. The van der Waals surface area contributed by atoms with Gasteiger partial charge >= 0.3 is 0 Å². The number of hydrogen-bond acceptors (Lipinski definition) is 4. The number of hydrogen-bond donors (Lipinski definition) is 0. The highest BCUT2D eigenvalue weighted by molar-refractivity contribution is 7.11. The van der Waals surface area contributed by atoms with Gasteiger partial charge in [0.15, 0.2) is 0 Å². The summed E-state index contributed by atoms with van der Waals surface area (Å²) in [5.74, 6) is 0.136. The van der Waals surface area contributed by atoms with Crippen molar-refractivity contribution >= 4 is 17.2 Å². The van der Waals surface area contributed by atoms with E-state index in [1.807, 2.05) is 11.8 Å². The van der Waals surface area contributed by atoms with Crippen molar-refractivity contribution in [3.8, 4) is 0 Å². The van der Waals surface area contributed by atoms with Crippen LogP contribution in [-0.4, -0.2) is 41.3 Å². The minimum absolute atomic E-state index is 0.136. The van der Waals surface area contributed by atoms with E-state index in [0.29, 0.717) is 0 Å². The monoisotopic (exact) mass is 343 g/mol. The molecule has 1 fully saturated rings. The van der Waals surface area contributed by atoms with Crippen molar-refractivity contribution in [1.82, 2.24) is 14.8 Å². The largest absolute Gasteiger partial charge is 0.331 e. The second-order valence-electron chi connectivity index (χ2n) is 6.76. The first-order chi connectivity index (χ1) is 11.6. The molecule has 1 aliphatic rings. The molecule has 0 aliphatic carbocycles. The number of likely N-dealkylation sites (tertiary alicyclic amines) is 1. The SMILES string of the molecule is Cc1ncsc1C(=O)N1CCCC[C@H]1c1ccc(CN(C)C)cc1. The summed E-state index contributed by atoms with van der Waals surface area (Å²) in [7, 11) is 4.15. The Labute approximate surface area is 148 Å². The highest BCUT2D eigenvalue weighted by Crippen LogP contribution is 2.33. The maximum atomic E-state index is 13.0. The molecule has 0 saturated carbocycles. The molecule has 1 aromatic carbocycles. The van der Waals surface area contributed by atoms with E-state index in [4.69, 9.17) is 0 Å². The zero-order valence-electron chi connectivity index (χ0n) is 14.7. The molecule has 3 rings (SSSR count). The average molecular weight is 343 g/mol. The number of carbonyl (C=O) groups excluding carboxylic acids is 1. The van der Waals surface area contributed by atoms with Crippen LogP contribution < -0.4 is 0 Å². The molecule has 5 heteroatoms. The lowest BCUT2D eigenvalue weighted by molar-refractivity contribution is 0.0615. The molecule has 1 amide bonds. The lowest BCUT2D eigenvalue weighted by Crippen LogP contribution is -2.38. The zero-order valence-corrected chi connectivity index (χ0v) is 15.5. The summed E-state index contributed by atoms with van der Waals surface area (Å²) in [6.45, 7) is 3.69. The molecule has 0 radical (unpaired) electrons. The molecule has 0 bridgehead atoms. The van der Waals surface area contributed by atoms with Crippen LogP contribution in [0.15, 0.2) is 29.8 Å². The number of thiazole rings is 1. The predicted molar refractivity (Wildman–Crippen MR) is 98.3 cm³/mol. The molecule has 2 heterocycles. The molecule has 0 unspecified atom stereocenters. The van der Waals surface area contributed by atoms with Gasteiger partial charge in [0.2, 0.25) is 0 Å². The van der Waals surface area contributed by atoms with Crippen molar-refractivity contribution in [2.75, 3.05) is 20.6 Å². The van der Waals surface area contributed by atoms with Gasteiger partial charge in [0.25, 0.3) is 5.91 Å². The molecule has 4 nitrogen and oxygen atoms in total. The molecule has 1 aliphatic heterocycles. The third kappa shape index (κ3) is 3.68. The first kappa shape index (κ1) is 17.1. The summed E-state index contributed by atoms with van der Waals surface area (Å²) < 4.78 is 0. The number of aryl methyl sites for hydroxylation is 1. The van der Waals surface area contributed by atoms with Gasteiger partial charge in [-0.2, -0.15) is 0 Å². The third-order valence-electron chi connectivity index (χ3n) is 4.57. The van der Waals surface area contributed by atoms with Gasteiger partial charge in [-0.3, -0.25) is 4.79 Å². The Bertz CT molecular complexity index is 693. The summed E-state index contributed by atoms with van der Waals surface area (Å²) in [6.07, 6.45) is 3.30. The van der Waals surface area contributed by atoms with E-state index in [2.05, 4.69) is 48.2 Å². The van der Waals surface area contributed by atoms with E-state index in [1.54, 1.807) is 5.51 Å². The maximum Gasteiger partial charge on any atom is 0.266 e. The summed E-state index contributed by atoms with van der Waals surface area (Å²) >= 11 is 1.45. The number of nitrogens with zero attached hydrogens (tertiary/aromatic N) is 3. The molecule has 0 N–H and O–H groups in total. The van der Waals surface area contributed by atoms with Crippen LogP contribution >= 0.6 is 11.3 Å². The van der Waals surface area contributed by atoms with Gasteiger partial charge in [-0.15, -0.1) is 11.3 Å². The van der Waals surface area contributed by atoms with Crippen LogP contribution in [-0.2, 0) is 6.54 Å². The number of aromatic nitrogens is 1.